The van der Waals surface area contributed by atoms with Gasteiger partial charge >= 0.3 is 0 Å². The van der Waals surface area contributed by atoms with Gasteiger partial charge in [0.1, 0.15) is 5.75 Å². The van der Waals surface area contributed by atoms with E-state index in [9.17, 15) is 0 Å². The molecule has 2 nitrogen and oxygen atoms in total. The van der Waals surface area contributed by atoms with Gasteiger partial charge in [0.25, 0.3) is 0 Å². The second kappa shape index (κ2) is 4.53. The molecule has 1 aliphatic carbocycles. The molecule has 1 saturated carbocycles. The molecule has 2 aliphatic rings. The summed E-state index contributed by atoms with van der Waals surface area (Å²) in [4.78, 5) is 0. The first kappa shape index (κ1) is 10.8. The maximum Gasteiger partial charge on any atom is 0.122 e. The zero-order valence-electron chi connectivity index (χ0n) is 10.3. The van der Waals surface area contributed by atoms with Crippen LogP contribution in [-0.4, -0.2) is 19.2 Å². The van der Waals surface area contributed by atoms with E-state index in [2.05, 4.69) is 36.5 Å². The van der Waals surface area contributed by atoms with Crippen LogP contribution in [0, 0.1) is 0 Å². The third kappa shape index (κ3) is 2.70. The number of rotatable bonds is 4. The Kier molecular flexibility index (Phi) is 2.89. The fraction of sp³-hybridized carbons (Fsp3) is 0.467. The molecule has 90 valence electrons. The Balaban J connectivity index is 1.68. The van der Waals surface area contributed by atoms with Crippen molar-refractivity contribution in [1.29, 1.82) is 0 Å². The Morgan fingerprint density at radius 1 is 1.47 bits per heavy atom. The van der Waals surface area contributed by atoms with Gasteiger partial charge in [-0.05, 0) is 43.0 Å². The minimum Gasteiger partial charge on any atom is -0.493 e. The van der Waals surface area contributed by atoms with Crippen LogP contribution in [-0.2, 0) is 6.42 Å². The van der Waals surface area contributed by atoms with Crippen molar-refractivity contribution in [3.05, 3.63) is 34.9 Å². The molecule has 0 amide bonds. The number of benzene rings is 1. The van der Waals surface area contributed by atoms with Gasteiger partial charge in [-0.3, -0.25) is 0 Å². The van der Waals surface area contributed by atoms with Crippen LogP contribution in [0.4, 0.5) is 0 Å². The molecule has 0 atom stereocenters. The van der Waals surface area contributed by atoms with Crippen LogP contribution < -0.4 is 10.1 Å². The highest BCUT2D eigenvalue weighted by atomic mass is 16.5. The van der Waals surface area contributed by atoms with Crippen LogP contribution in [0.2, 0.25) is 0 Å². The van der Waals surface area contributed by atoms with Crippen molar-refractivity contribution < 1.29 is 4.74 Å². The third-order valence-corrected chi connectivity index (χ3v) is 3.37. The molecule has 1 aromatic carbocycles. The zero-order valence-corrected chi connectivity index (χ0v) is 10.3. The van der Waals surface area contributed by atoms with E-state index in [0.29, 0.717) is 0 Å². The number of nitrogens with one attached hydrogen (secondary N) is 1. The van der Waals surface area contributed by atoms with Crippen LogP contribution in [0.5, 0.6) is 5.75 Å². The topological polar surface area (TPSA) is 21.3 Å². The van der Waals surface area contributed by atoms with Gasteiger partial charge in [-0.15, -0.1) is 0 Å². The van der Waals surface area contributed by atoms with Gasteiger partial charge in [0, 0.05) is 19.0 Å². The standard InChI is InChI=1S/C15H19NO/c1-11(10-16-14-3-4-14)8-12-2-5-15-13(9-12)6-7-17-15/h2,5,8-9,14,16H,3-4,6-7,10H2,1H3. The first-order valence-corrected chi connectivity index (χ1v) is 6.47. The minimum atomic E-state index is 0.784. The molecule has 0 radical (unpaired) electrons. The normalized spacial score (nSPS) is 19.0. The van der Waals surface area contributed by atoms with Gasteiger partial charge in [0.2, 0.25) is 0 Å². The molecule has 2 heteroatoms. The highest BCUT2D eigenvalue weighted by molar-refractivity contribution is 5.56. The summed E-state index contributed by atoms with van der Waals surface area (Å²) in [5.74, 6) is 1.07. The van der Waals surface area contributed by atoms with Crippen molar-refractivity contribution in [2.24, 2.45) is 0 Å². The third-order valence-electron chi connectivity index (χ3n) is 3.37. The molecule has 1 N–H and O–H groups in total. The molecule has 0 aromatic heterocycles. The maximum absolute atomic E-state index is 5.51. The summed E-state index contributed by atoms with van der Waals surface area (Å²) in [6.45, 7) is 4.04. The summed E-state index contributed by atoms with van der Waals surface area (Å²) in [5.41, 5.74) is 4.04. The monoisotopic (exact) mass is 229 g/mol. The van der Waals surface area contributed by atoms with Gasteiger partial charge in [-0.1, -0.05) is 17.7 Å². The lowest BCUT2D eigenvalue weighted by Crippen LogP contribution is -2.18. The second-order valence-corrected chi connectivity index (χ2v) is 5.11. The Labute approximate surface area is 103 Å². The fourth-order valence-electron chi connectivity index (χ4n) is 2.22. The van der Waals surface area contributed by atoms with E-state index in [1.165, 1.54) is 29.5 Å². The summed E-state index contributed by atoms with van der Waals surface area (Å²) in [6, 6.07) is 7.27. The predicted octanol–water partition coefficient (Wildman–Crippen LogP) is 2.78. The lowest BCUT2D eigenvalue weighted by molar-refractivity contribution is 0.357. The van der Waals surface area contributed by atoms with Gasteiger partial charge < -0.3 is 10.1 Å². The van der Waals surface area contributed by atoms with Gasteiger partial charge in [-0.2, -0.15) is 0 Å². The van der Waals surface area contributed by atoms with E-state index in [1.807, 2.05) is 0 Å². The summed E-state index contributed by atoms with van der Waals surface area (Å²) >= 11 is 0. The quantitative estimate of drug-likeness (QED) is 0.857. The van der Waals surface area contributed by atoms with Crippen molar-refractivity contribution in [2.75, 3.05) is 13.2 Å². The van der Waals surface area contributed by atoms with E-state index in [4.69, 9.17) is 4.74 Å². The minimum absolute atomic E-state index is 0.784. The van der Waals surface area contributed by atoms with Gasteiger partial charge in [-0.25, -0.2) is 0 Å². The first-order chi connectivity index (χ1) is 8.31. The fourth-order valence-corrected chi connectivity index (χ4v) is 2.22. The Hall–Kier alpha value is -1.28. The number of hydrogen-bond donors (Lipinski definition) is 1. The van der Waals surface area contributed by atoms with Crippen LogP contribution >= 0.6 is 0 Å². The van der Waals surface area contributed by atoms with E-state index >= 15 is 0 Å². The van der Waals surface area contributed by atoms with Gasteiger partial charge in [0.05, 0.1) is 6.61 Å². The highest BCUT2D eigenvalue weighted by Gasteiger charge is 2.19. The summed E-state index contributed by atoms with van der Waals surface area (Å²) in [6.07, 6.45) is 6.03. The molecular weight excluding hydrogens is 210 g/mol. The van der Waals surface area contributed by atoms with Crippen molar-refractivity contribution in [3.8, 4) is 5.75 Å². The lowest BCUT2D eigenvalue weighted by Gasteiger charge is -2.04. The Morgan fingerprint density at radius 3 is 3.18 bits per heavy atom. The van der Waals surface area contributed by atoms with E-state index in [1.54, 1.807) is 0 Å². The molecule has 0 spiro atoms. The number of ether oxygens (including phenoxy) is 1. The maximum atomic E-state index is 5.51. The smallest absolute Gasteiger partial charge is 0.122 e. The molecule has 17 heavy (non-hydrogen) atoms. The number of hydrogen-bond acceptors (Lipinski definition) is 2. The molecule has 0 saturated heterocycles. The van der Waals surface area contributed by atoms with Crippen LogP contribution in [0.1, 0.15) is 30.9 Å². The van der Waals surface area contributed by atoms with Crippen molar-refractivity contribution in [3.63, 3.8) is 0 Å². The zero-order chi connectivity index (χ0) is 11.7. The predicted molar refractivity (Wildman–Crippen MR) is 70.3 cm³/mol. The van der Waals surface area contributed by atoms with Crippen LogP contribution in [0.15, 0.2) is 23.8 Å². The molecule has 1 aromatic rings. The van der Waals surface area contributed by atoms with Crippen LogP contribution in [0.25, 0.3) is 6.08 Å². The molecule has 1 fully saturated rings. The van der Waals surface area contributed by atoms with Crippen LogP contribution in [0.3, 0.4) is 0 Å². The Morgan fingerprint density at radius 2 is 2.35 bits per heavy atom. The molecular formula is C15H19NO. The first-order valence-electron chi connectivity index (χ1n) is 6.47. The van der Waals surface area contributed by atoms with Crippen molar-refractivity contribution in [2.45, 2.75) is 32.2 Å². The largest absolute Gasteiger partial charge is 0.493 e. The molecule has 0 bridgehead atoms. The van der Waals surface area contributed by atoms with E-state index < -0.39 is 0 Å². The Bertz CT molecular complexity index is 446. The summed E-state index contributed by atoms with van der Waals surface area (Å²) in [5, 5.41) is 3.54. The van der Waals surface area contributed by atoms with Gasteiger partial charge in [0.15, 0.2) is 0 Å². The number of fused-ring (bicyclic) bond motifs is 1. The average Bonchev–Trinajstić information content (AvgIpc) is 3.04. The second-order valence-electron chi connectivity index (χ2n) is 5.11. The average molecular weight is 229 g/mol. The molecule has 3 rings (SSSR count). The lowest BCUT2D eigenvalue weighted by atomic mass is 10.1. The molecule has 0 unspecified atom stereocenters. The van der Waals surface area contributed by atoms with E-state index in [-0.39, 0.29) is 0 Å². The summed E-state index contributed by atoms with van der Waals surface area (Å²) in [7, 11) is 0. The SMILES string of the molecule is CC(=Cc1ccc2c(c1)CCO2)CNC1CC1. The molecule has 1 aliphatic heterocycles. The van der Waals surface area contributed by atoms with Crippen molar-refractivity contribution in [1.82, 2.24) is 5.32 Å². The van der Waals surface area contributed by atoms with E-state index in [0.717, 1.165) is 31.4 Å². The highest BCUT2D eigenvalue weighted by Crippen LogP contribution is 2.26. The molecule has 1 heterocycles. The summed E-state index contributed by atoms with van der Waals surface area (Å²) < 4.78 is 5.51. The van der Waals surface area contributed by atoms with Crippen molar-refractivity contribution >= 4 is 6.08 Å².